The number of nitrogens with one attached hydrogen (secondary N) is 1. The van der Waals surface area contributed by atoms with Crippen LogP contribution in [0.2, 0.25) is 0 Å². The molecule has 2 aliphatic heterocycles. The van der Waals surface area contributed by atoms with Crippen LogP contribution in [-0.4, -0.2) is 41.0 Å². The summed E-state index contributed by atoms with van der Waals surface area (Å²) in [6, 6.07) is 6.01. The molecule has 0 radical (unpaired) electrons. The molecule has 0 bridgehead atoms. The summed E-state index contributed by atoms with van der Waals surface area (Å²) in [4.78, 5) is 23.9. The Balaban J connectivity index is 1.79. The molecular formula is C25H37NO6. The predicted molar refractivity (Wildman–Crippen MR) is 121 cm³/mol. The standard InChI is InChI=1S/C25H37NO6/c1-14(2)20-17(22(27)28)13-18-21(30-20)16-12-15(8-9-19(16)31-25(18,6)7)10-11-26-23(29)32-24(3,4)5/h8-9,12,14,17-18,20-21H,10-11,13H2,1-7H3,(H,26,29)(H,27,28)/t17-,18-,20-,21+/m1/s1. The molecule has 2 N–H and O–H groups in total. The van der Waals surface area contributed by atoms with Gasteiger partial charge in [0.05, 0.1) is 18.1 Å². The highest BCUT2D eigenvalue weighted by Crippen LogP contribution is 2.52. The summed E-state index contributed by atoms with van der Waals surface area (Å²) in [7, 11) is 0. The van der Waals surface area contributed by atoms with Crippen molar-refractivity contribution >= 4 is 12.1 Å². The van der Waals surface area contributed by atoms with E-state index in [4.69, 9.17) is 14.2 Å². The van der Waals surface area contributed by atoms with Gasteiger partial charge in [-0.2, -0.15) is 0 Å². The largest absolute Gasteiger partial charge is 0.487 e. The topological polar surface area (TPSA) is 94.1 Å². The van der Waals surface area contributed by atoms with Gasteiger partial charge in [0, 0.05) is 18.0 Å². The van der Waals surface area contributed by atoms with Crippen LogP contribution < -0.4 is 10.1 Å². The Morgan fingerprint density at radius 3 is 2.56 bits per heavy atom. The third-order valence-corrected chi connectivity index (χ3v) is 6.28. The molecule has 0 aliphatic carbocycles. The number of aliphatic carboxylic acids is 1. The fourth-order valence-electron chi connectivity index (χ4n) is 4.74. The molecule has 7 nitrogen and oxygen atoms in total. The molecule has 2 aliphatic rings. The third-order valence-electron chi connectivity index (χ3n) is 6.28. The van der Waals surface area contributed by atoms with Crippen LogP contribution in [0.4, 0.5) is 4.79 Å². The average molecular weight is 448 g/mol. The van der Waals surface area contributed by atoms with E-state index in [0.717, 1.165) is 16.9 Å². The smallest absolute Gasteiger partial charge is 0.407 e. The van der Waals surface area contributed by atoms with Gasteiger partial charge in [0.1, 0.15) is 17.0 Å². The molecule has 178 valence electrons. The van der Waals surface area contributed by atoms with Crippen molar-refractivity contribution in [1.29, 1.82) is 0 Å². The maximum Gasteiger partial charge on any atom is 0.407 e. The zero-order valence-electron chi connectivity index (χ0n) is 20.2. The number of amides is 1. The molecule has 0 aromatic heterocycles. The van der Waals surface area contributed by atoms with Gasteiger partial charge in [-0.25, -0.2) is 4.79 Å². The Morgan fingerprint density at radius 1 is 1.28 bits per heavy atom. The lowest BCUT2D eigenvalue weighted by molar-refractivity contribution is -0.195. The number of carbonyl (C=O) groups excluding carboxylic acids is 1. The SMILES string of the molecule is CC(C)[C@H]1O[C@H]2c3cc(CCNC(=O)OC(C)(C)C)ccc3OC(C)(C)[C@@H]2C[C@H]1C(=O)O. The lowest BCUT2D eigenvalue weighted by Gasteiger charge is -2.51. The number of rotatable bonds is 5. The van der Waals surface area contributed by atoms with E-state index in [0.29, 0.717) is 19.4 Å². The first kappa shape index (κ1) is 24.4. The number of benzene rings is 1. The summed E-state index contributed by atoms with van der Waals surface area (Å²) >= 11 is 0. The Morgan fingerprint density at radius 2 is 1.97 bits per heavy atom. The molecule has 4 atom stereocenters. The summed E-state index contributed by atoms with van der Waals surface area (Å²) in [6.45, 7) is 14.0. The van der Waals surface area contributed by atoms with Crippen LogP contribution in [0.5, 0.6) is 5.75 Å². The monoisotopic (exact) mass is 447 g/mol. The Kier molecular flexibility index (Phi) is 6.80. The van der Waals surface area contributed by atoms with Gasteiger partial charge in [0.2, 0.25) is 0 Å². The molecule has 0 spiro atoms. The van der Waals surface area contributed by atoms with E-state index in [-0.39, 0.29) is 24.0 Å². The molecule has 3 rings (SSSR count). The van der Waals surface area contributed by atoms with Crippen molar-refractivity contribution in [3.05, 3.63) is 29.3 Å². The Labute approximate surface area is 190 Å². The second kappa shape index (κ2) is 8.93. The van der Waals surface area contributed by atoms with E-state index in [1.165, 1.54) is 0 Å². The average Bonchev–Trinajstić information content (AvgIpc) is 2.65. The summed E-state index contributed by atoms with van der Waals surface area (Å²) < 4.78 is 18.1. The van der Waals surface area contributed by atoms with Crippen molar-refractivity contribution < 1.29 is 28.9 Å². The van der Waals surface area contributed by atoms with E-state index >= 15 is 0 Å². The minimum absolute atomic E-state index is 0.0683. The summed E-state index contributed by atoms with van der Waals surface area (Å²) in [5.74, 6) is -0.571. The van der Waals surface area contributed by atoms with E-state index in [1.54, 1.807) is 0 Å². The summed E-state index contributed by atoms with van der Waals surface area (Å²) in [5, 5.41) is 12.6. The van der Waals surface area contributed by atoms with Gasteiger partial charge >= 0.3 is 12.1 Å². The van der Waals surface area contributed by atoms with Crippen molar-refractivity contribution in [2.45, 2.75) is 84.7 Å². The van der Waals surface area contributed by atoms with Gasteiger partial charge in [-0.1, -0.05) is 19.9 Å². The molecule has 7 heteroatoms. The molecule has 1 saturated heterocycles. The van der Waals surface area contributed by atoms with Gasteiger partial charge in [0.15, 0.2) is 0 Å². The lowest BCUT2D eigenvalue weighted by atomic mass is 9.70. The van der Waals surface area contributed by atoms with Crippen LogP contribution in [0.25, 0.3) is 0 Å². The molecule has 1 aromatic carbocycles. The van der Waals surface area contributed by atoms with E-state index in [1.807, 2.05) is 60.6 Å². The van der Waals surface area contributed by atoms with Crippen LogP contribution in [0.15, 0.2) is 18.2 Å². The van der Waals surface area contributed by atoms with Crippen molar-refractivity contribution in [2.24, 2.45) is 17.8 Å². The molecule has 0 saturated carbocycles. The second-order valence-electron chi connectivity index (χ2n) is 10.8. The zero-order chi connectivity index (χ0) is 23.8. The van der Waals surface area contributed by atoms with Gasteiger partial charge in [-0.15, -0.1) is 0 Å². The van der Waals surface area contributed by atoms with Crippen LogP contribution >= 0.6 is 0 Å². The van der Waals surface area contributed by atoms with Crippen LogP contribution in [0, 0.1) is 17.8 Å². The predicted octanol–water partition coefficient (Wildman–Crippen LogP) is 4.73. The molecule has 2 heterocycles. The van der Waals surface area contributed by atoms with Crippen molar-refractivity contribution in [3.63, 3.8) is 0 Å². The molecule has 1 amide bonds. The fraction of sp³-hybridized carbons (Fsp3) is 0.680. The van der Waals surface area contributed by atoms with Crippen LogP contribution in [-0.2, 0) is 20.7 Å². The zero-order valence-corrected chi connectivity index (χ0v) is 20.2. The first-order valence-electron chi connectivity index (χ1n) is 11.5. The highest BCUT2D eigenvalue weighted by atomic mass is 16.6. The first-order chi connectivity index (χ1) is 14.8. The van der Waals surface area contributed by atoms with Crippen LogP contribution in [0.1, 0.15) is 72.1 Å². The van der Waals surface area contributed by atoms with E-state index < -0.39 is 29.2 Å². The molecule has 0 unspecified atom stereocenters. The minimum Gasteiger partial charge on any atom is -0.487 e. The highest BCUT2D eigenvalue weighted by molar-refractivity contribution is 5.71. The molecule has 32 heavy (non-hydrogen) atoms. The van der Waals surface area contributed by atoms with Crippen molar-refractivity contribution in [2.75, 3.05) is 6.54 Å². The summed E-state index contributed by atoms with van der Waals surface area (Å²) in [6.07, 6.45) is 0.137. The number of hydrogen-bond acceptors (Lipinski definition) is 5. The van der Waals surface area contributed by atoms with E-state index in [2.05, 4.69) is 11.4 Å². The third kappa shape index (κ3) is 5.37. The minimum atomic E-state index is -0.814. The number of ether oxygens (including phenoxy) is 3. The highest BCUT2D eigenvalue weighted by Gasteiger charge is 2.52. The van der Waals surface area contributed by atoms with Gasteiger partial charge in [0.25, 0.3) is 0 Å². The Bertz CT molecular complexity index is 856. The molecular weight excluding hydrogens is 410 g/mol. The van der Waals surface area contributed by atoms with Gasteiger partial charge < -0.3 is 24.6 Å². The van der Waals surface area contributed by atoms with Crippen molar-refractivity contribution in [1.82, 2.24) is 5.32 Å². The first-order valence-corrected chi connectivity index (χ1v) is 11.5. The van der Waals surface area contributed by atoms with Gasteiger partial charge in [-0.05, 0) is 71.1 Å². The normalized spacial score (nSPS) is 26.5. The number of carboxylic acid groups (broad SMARTS) is 1. The fourth-order valence-corrected chi connectivity index (χ4v) is 4.74. The second-order valence-corrected chi connectivity index (χ2v) is 10.8. The maximum atomic E-state index is 11.9. The number of alkyl carbamates (subject to hydrolysis) is 1. The number of fused-ring (bicyclic) bond motifs is 3. The lowest BCUT2D eigenvalue weighted by Crippen LogP contribution is -2.53. The number of carbonyl (C=O) groups is 2. The van der Waals surface area contributed by atoms with E-state index in [9.17, 15) is 14.7 Å². The maximum absolute atomic E-state index is 11.9. The quantitative estimate of drug-likeness (QED) is 0.678. The van der Waals surface area contributed by atoms with Gasteiger partial charge in [-0.3, -0.25) is 4.79 Å². The molecule has 1 aromatic rings. The van der Waals surface area contributed by atoms with Crippen molar-refractivity contribution in [3.8, 4) is 5.75 Å². The van der Waals surface area contributed by atoms with Crippen LogP contribution in [0.3, 0.4) is 0 Å². The Hall–Kier alpha value is -2.28. The number of hydrogen-bond donors (Lipinski definition) is 2. The molecule has 1 fully saturated rings. The summed E-state index contributed by atoms with van der Waals surface area (Å²) in [5.41, 5.74) is 0.937. The number of carboxylic acids is 1.